The lowest BCUT2D eigenvalue weighted by Crippen LogP contribution is -2.24. The molecule has 0 aliphatic carbocycles. The quantitative estimate of drug-likeness (QED) is 0.737. The summed E-state index contributed by atoms with van der Waals surface area (Å²) in [5.74, 6) is -1.53. The van der Waals surface area contributed by atoms with Gasteiger partial charge in [-0.05, 0) is 12.1 Å². The molecule has 0 spiro atoms. The minimum Gasteiger partial charge on any atom is -0.549 e. The number of amides is 1. The van der Waals surface area contributed by atoms with Crippen LogP contribution in [0.4, 0.5) is 0 Å². The Balaban J connectivity index is 1.85. The van der Waals surface area contributed by atoms with Crippen molar-refractivity contribution in [2.24, 2.45) is 0 Å². The fraction of sp³-hybridized carbons (Fsp3) is 0.167. The summed E-state index contributed by atoms with van der Waals surface area (Å²) in [7, 11) is 0. The third-order valence-electron chi connectivity index (χ3n) is 2.20. The molecule has 1 aromatic heterocycles. The minimum absolute atomic E-state index is 0.0760. The number of hydrogen-bond acceptors (Lipinski definition) is 7. The lowest BCUT2D eigenvalue weighted by molar-refractivity contribution is -0.301. The standard InChI is InChI=1S/C12H11N3O4S/c16-10(17)7-20-12-15-14-9(19-12)6-13-11(18)8-4-2-1-3-5-8/h1-5H,6-7H2,(H,13,18)(H,16,17)/p-1. The normalized spacial score (nSPS) is 10.2. The van der Waals surface area contributed by atoms with Crippen LogP contribution in [0.2, 0.25) is 0 Å². The third kappa shape index (κ3) is 4.09. The average molecular weight is 292 g/mol. The first kappa shape index (κ1) is 14.1. The fourth-order valence-corrected chi connectivity index (χ4v) is 1.83. The molecule has 2 rings (SSSR count). The molecule has 0 atom stereocenters. The fourth-order valence-electron chi connectivity index (χ4n) is 1.34. The highest BCUT2D eigenvalue weighted by atomic mass is 32.2. The van der Waals surface area contributed by atoms with Crippen molar-refractivity contribution < 1.29 is 19.1 Å². The Bertz CT molecular complexity index is 600. The Morgan fingerprint density at radius 1 is 1.25 bits per heavy atom. The molecule has 0 fully saturated rings. The van der Waals surface area contributed by atoms with Crippen molar-refractivity contribution in [2.45, 2.75) is 11.8 Å². The van der Waals surface area contributed by atoms with Crippen molar-refractivity contribution >= 4 is 23.6 Å². The van der Waals surface area contributed by atoms with Gasteiger partial charge in [-0.15, -0.1) is 10.2 Å². The Labute approximate surface area is 118 Å². The Morgan fingerprint density at radius 3 is 2.70 bits per heavy atom. The highest BCUT2D eigenvalue weighted by Crippen LogP contribution is 2.15. The zero-order valence-corrected chi connectivity index (χ0v) is 11.1. The molecule has 1 amide bonds. The zero-order chi connectivity index (χ0) is 14.4. The number of hydrogen-bond donors (Lipinski definition) is 1. The number of carboxylic acid groups (broad SMARTS) is 1. The average Bonchev–Trinajstić information content (AvgIpc) is 2.91. The third-order valence-corrected chi connectivity index (χ3v) is 2.99. The van der Waals surface area contributed by atoms with E-state index in [1.54, 1.807) is 24.3 Å². The molecule has 1 heterocycles. The first-order valence-electron chi connectivity index (χ1n) is 5.63. The van der Waals surface area contributed by atoms with Gasteiger partial charge in [0.2, 0.25) is 5.89 Å². The van der Waals surface area contributed by atoms with Gasteiger partial charge < -0.3 is 19.6 Å². The van der Waals surface area contributed by atoms with Crippen molar-refractivity contribution in [1.82, 2.24) is 15.5 Å². The van der Waals surface area contributed by atoms with Crippen LogP contribution in [-0.2, 0) is 11.3 Å². The first-order chi connectivity index (χ1) is 9.65. The number of carbonyl (C=O) groups excluding carboxylic acids is 2. The molecule has 0 saturated heterocycles. The van der Waals surface area contributed by atoms with Crippen molar-refractivity contribution in [1.29, 1.82) is 0 Å². The van der Waals surface area contributed by atoms with Gasteiger partial charge in [0, 0.05) is 11.3 Å². The molecule has 0 unspecified atom stereocenters. The second kappa shape index (κ2) is 6.71. The number of nitrogens with zero attached hydrogens (tertiary/aromatic N) is 2. The van der Waals surface area contributed by atoms with E-state index in [9.17, 15) is 14.7 Å². The molecule has 0 saturated carbocycles. The van der Waals surface area contributed by atoms with Crippen LogP contribution in [0.3, 0.4) is 0 Å². The van der Waals surface area contributed by atoms with Gasteiger partial charge in [-0.1, -0.05) is 30.0 Å². The van der Waals surface area contributed by atoms with E-state index < -0.39 is 5.97 Å². The summed E-state index contributed by atoms with van der Waals surface area (Å²) < 4.78 is 5.16. The molecule has 20 heavy (non-hydrogen) atoms. The van der Waals surface area contributed by atoms with Gasteiger partial charge in [0.25, 0.3) is 11.1 Å². The van der Waals surface area contributed by atoms with E-state index >= 15 is 0 Å². The smallest absolute Gasteiger partial charge is 0.277 e. The van der Waals surface area contributed by atoms with Crippen LogP contribution in [0.25, 0.3) is 0 Å². The second-order valence-corrected chi connectivity index (χ2v) is 4.60. The van der Waals surface area contributed by atoms with Gasteiger partial charge in [0.05, 0.1) is 12.5 Å². The van der Waals surface area contributed by atoms with Gasteiger partial charge in [-0.3, -0.25) is 4.79 Å². The van der Waals surface area contributed by atoms with Gasteiger partial charge in [-0.2, -0.15) is 0 Å². The summed E-state index contributed by atoms with van der Waals surface area (Å²) >= 11 is 0.865. The van der Waals surface area contributed by atoms with Gasteiger partial charge in [-0.25, -0.2) is 0 Å². The highest BCUT2D eigenvalue weighted by Gasteiger charge is 2.09. The molecule has 0 bridgehead atoms. The maximum atomic E-state index is 11.7. The Morgan fingerprint density at radius 2 is 2.00 bits per heavy atom. The van der Waals surface area contributed by atoms with Crippen LogP contribution in [0, 0.1) is 0 Å². The summed E-state index contributed by atoms with van der Waals surface area (Å²) in [6, 6.07) is 8.71. The number of thioether (sulfide) groups is 1. The first-order valence-corrected chi connectivity index (χ1v) is 6.62. The second-order valence-electron chi connectivity index (χ2n) is 3.67. The number of carboxylic acids is 1. The Hall–Kier alpha value is -2.35. The van der Waals surface area contributed by atoms with Crippen LogP contribution in [0.5, 0.6) is 0 Å². The maximum absolute atomic E-state index is 11.7. The largest absolute Gasteiger partial charge is 0.549 e. The molecular formula is C12H10N3O4S-. The number of benzene rings is 1. The summed E-state index contributed by atoms with van der Waals surface area (Å²) in [5.41, 5.74) is 0.526. The van der Waals surface area contributed by atoms with Crippen LogP contribution in [0.15, 0.2) is 40.0 Å². The van der Waals surface area contributed by atoms with Crippen LogP contribution >= 0.6 is 11.8 Å². The van der Waals surface area contributed by atoms with Crippen molar-refractivity contribution in [3.8, 4) is 0 Å². The Kier molecular flexibility index (Phi) is 4.72. The summed E-state index contributed by atoms with van der Waals surface area (Å²) in [6.45, 7) is 0.0760. The maximum Gasteiger partial charge on any atom is 0.277 e. The van der Waals surface area contributed by atoms with Crippen molar-refractivity contribution in [3.63, 3.8) is 0 Å². The van der Waals surface area contributed by atoms with E-state index in [1.165, 1.54) is 0 Å². The monoisotopic (exact) mass is 292 g/mol. The zero-order valence-electron chi connectivity index (χ0n) is 10.2. The molecule has 8 heteroatoms. The number of aliphatic carboxylic acids is 1. The van der Waals surface area contributed by atoms with Gasteiger partial charge in [0.15, 0.2) is 0 Å². The molecule has 7 nitrogen and oxygen atoms in total. The summed E-state index contributed by atoms with van der Waals surface area (Å²) in [6.07, 6.45) is 0. The van der Waals surface area contributed by atoms with E-state index in [-0.39, 0.29) is 29.3 Å². The highest BCUT2D eigenvalue weighted by molar-refractivity contribution is 7.99. The predicted molar refractivity (Wildman–Crippen MR) is 67.6 cm³/mol. The SMILES string of the molecule is O=C([O-])CSc1nnc(CNC(=O)c2ccccc2)o1. The minimum atomic E-state index is -1.22. The molecule has 0 aliphatic rings. The van der Waals surface area contributed by atoms with Crippen LogP contribution in [-0.4, -0.2) is 27.8 Å². The van der Waals surface area contributed by atoms with E-state index in [4.69, 9.17) is 4.42 Å². The van der Waals surface area contributed by atoms with E-state index in [1.807, 2.05) is 6.07 Å². The lowest BCUT2D eigenvalue weighted by Gasteiger charge is -2.01. The molecule has 0 aliphatic heterocycles. The molecule has 1 aromatic carbocycles. The molecule has 0 radical (unpaired) electrons. The van der Waals surface area contributed by atoms with E-state index in [0.29, 0.717) is 5.56 Å². The molecule has 104 valence electrons. The topological polar surface area (TPSA) is 108 Å². The molecule has 1 N–H and O–H groups in total. The van der Waals surface area contributed by atoms with Crippen LogP contribution in [0.1, 0.15) is 16.2 Å². The lowest BCUT2D eigenvalue weighted by atomic mass is 10.2. The van der Waals surface area contributed by atoms with E-state index in [0.717, 1.165) is 11.8 Å². The van der Waals surface area contributed by atoms with Gasteiger partial charge >= 0.3 is 0 Å². The molecule has 2 aromatic rings. The van der Waals surface area contributed by atoms with E-state index in [2.05, 4.69) is 15.5 Å². The van der Waals surface area contributed by atoms with Gasteiger partial charge in [0.1, 0.15) is 0 Å². The van der Waals surface area contributed by atoms with Crippen LogP contribution < -0.4 is 10.4 Å². The van der Waals surface area contributed by atoms with Crippen molar-refractivity contribution in [3.05, 3.63) is 41.8 Å². The molecular weight excluding hydrogens is 282 g/mol. The van der Waals surface area contributed by atoms with Crippen molar-refractivity contribution in [2.75, 3.05) is 5.75 Å². The predicted octanol–water partition coefficient (Wildman–Crippen LogP) is -0.158. The number of rotatable bonds is 6. The number of nitrogens with one attached hydrogen (secondary N) is 1. The number of aromatic nitrogens is 2. The summed E-state index contributed by atoms with van der Waals surface area (Å²) in [5, 5.41) is 20.4. The summed E-state index contributed by atoms with van der Waals surface area (Å²) in [4.78, 5) is 22.0. The number of carbonyl (C=O) groups is 2.